The van der Waals surface area contributed by atoms with Crippen LogP contribution in [0, 0.1) is 6.92 Å². The largest absolute Gasteiger partial charge is 0.463 e. The van der Waals surface area contributed by atoms with Crippen LogP contribution in [0.3, 0.4) is 0 Å². The number of carbonyl (C=O) groups is 1. The van der Waals surface area contributed by atoms with Crippen molar-refractivity contribution in [2.24, 2.45) is 0 Å². The number of furan rings is 1. The normalized spacial score (nSPS) is 18.0. The van der Waals surface area contributed by atoms with Crippen LogP contribution in [0.4, 0.5) is 0 Å². The van der Waals surface area contributed by atoms with E-state index in [1.54, 1.807) is 18.2 Å². The van der Waals surface area contributed by atoms with Crippen LogP contribution in [0.2, 0.25) is 5.02 Å². The summed E-state index contributed by atoms with van der Waals surface area (Å²) < 4.78 is 37.8. The van der Waals surface area contributed by atoms with E-state index in [-0.39, 0.29) is 35.4 Å². The molecule has 1 atom stereocenters. The zero-order chi connectivity index (χ0) is 18.9. The van der Waals surface area contributed by atoms with Gasteiger partial charge in [0.1, 0.15) is 10.7 Å². The van der Waals surface area contributed by atoms with Gasteiger partial charge in [0.2, 0.25) is 15.8 Å². The number of carbonyl (C=O) groups excluding carboxylic acids is 1. The molecule has 1 aromatic heterocycles. The van der Waals surface area contributed by atoms with Crippen molar-refractivity contribution in [3.8, 4) is 0 Å². The van der Waals surface area contributed by atoms with E-state index in [9.17, 15) is 13.2 Å². The molecule has 1 N–H and O–H groups in total. The Kier molecular flexibility index (Phi) is 6.93. The number of piperazine rings is 1. The van der Waals surface area contributed by atoms with Gasteiger partial charge in [-0.05, 0) is 24.6 Å². The fraction of sp³-hybridized carbons (Fsp3) is 0.353. The second-order valence-corrected chi connectivity index (χ2v) is 8.21. The third-order valence-corrected chi connectivity index (χ3v) is 6.52. The van der Waals surface area contributed by atoms with Crippen molar-refractivity contribution in [1.82, 2.24) is 9.62 Å². The number of hydrogen-bond acceptors (Lipinski definition) is 6. The van der Waals surface area contributed by atoms with Crippen molar-refractivity contribution in [3.63, 3.8) is 0 Å². The Labute approximate surface area is 169 Å². The van der Waals surface area contributed by atoms with Crippen LogP contribution in [-0.2, 0) is 14.8 Å². The molecule has 2 aromatic rings. The van der Waals surface area contributed by atoms with Crippen LogP contribution in [0.5, 0.6) is 0 Å². The maximum absolute atomic E-state index is 13.3. The lowest BCUT2D eigenvalue weighted by Gasteiger charge is -2.35. The summed E-state index contributed by atoms with van der Waals surface area (Å²) in [6.45, 7) is 2.78. The van der Waals surface area contributed by atoms with Gasteiger partial charge >= 0.3 is 5.97 Å². The predicted octanol–water partition coefficient (Wildman–Crippen LogP) is 2.79. The highest BCUT2D eigenvalue weighted by Crippen LogP contribution is 2.32. The van der Waals surface area contributed by atoms with Crippen LogP contribution in [0.15, 0.2) is 39.6 Å². The smallest absolute Gasteiger partial charge is 0.373 e. The Bertz CT molecular complexity index is 929. The van der Waals surface area contributed by atoms with Gasteiger partial charge in [0.15, 0.2) is 0 Å². The molecule has 1 saturated heterocycles. The first kappa shape index (κ1) is 21.7. The molecule has 148 valence electrons. The Morgan fingerprint density at radius 1 is 1.37 bits per heavy atom. The summed E-state index contributed by atoms with van der Waals surface area (Å²) in [5, 5.41) is 3.75. The van der Waals surface area contributed by atoms with Crippen LogP contribution in [-0.4, -0.2) is 45.4 Å². The van der Waals surface area contributed by atoms with E-state index in [1.807, 2.05) is 6.07 Å². The summed E-state index contributed by atoms with van der Waals surface area (Å²) in [5.41, 5.74) is 0.794. The van der Waals surface area contributed by atoms with E-state index in [1.165, 1.54) is 24.4 Å². The first-order valence-electron chi connectivity index (χ1n) is 8.01. The van der Waals surface area contributed by atoms with E-state index in [4.69, 9.17) is 16.0 Å². The molecule has 0 amide bonds. The van der Waals surface area contributed by atoms with Crippen molar-refractivity contribution in [1.29, 1.82) is 0 Å². The second kappa shape index (κ2) is 8.62. The lowest BCUT2D eigenvalue weighted by molar-refractivity contribution is 0.0563. The van der Waals surface area contributed by atoms with E-state index < -0.39 is 22.0 Å². The number of esters is 1. The molecule has 1 aliphatic heterocycles. The fourth-order valence-corrected chi connectivity index (χ4v) is 5.00. The average molecular weight is 435 g/mol. The van der Waals surface area contributed by atoms with E-state index in [2.05, 4.69) is 10.1 Å². The molecule has 27 heavy (non-hydrogen) atoms. The molecule has 2 heterocycles. The van der Waals surface area contributed by atoms with E-state index in [0.29, 0.717) is 18.1 Å². The quantitative estimate of drug-likeness (QED) is 0.744. The van der Waals surface area contributed by atoms with Crippen LogP contribution < -0.4 is 5.32 Å². The number of nitrogens with one attached hydrogen (secondary N) is 1. The van der Waals surface area contributed by atoms with E-state index in [0.717, 1.165) is 5.56 Å². The minimum atomic E-state index is -3.88. The lowest BCUT2D eigenvalue weighted by atomic mass is 10.1. The molecule has 0 radical (unpaired) electrons. The molecule has 3 rings (SSSR count). The first-order chi connectivity index (χ1) is 12.3. The molecule has 1 aromatic carbocycles. The molecule has 1 aliphatic rings. The number of nitrogens with zero attached hydrogens (tertiary/aromatic N) is 1. The number of benzene rings is 1. The third-order valence-electron chi connectivity index (χ3n) is 4.27. The minimum Gasteiger partial charge on any atom is -0.463 e. The summed E-state index contributed by atoms with van der Waals surface area (Å²) in [6, 6.07) is 7.92. The predicted molar refractivity (Wildman–Crippen MR) is 103 cm³/mol. The molecule has 0 saturated carbocycles. The van der Waals surface area contributed by atoms with Crippen molar-refractivity contribution >= 4 is 40.0 Å². The highest BCUT2D eigenvalue weighted by Gasteiger charge is 2.37. The van der Waals surface area contributed by atoms with Crippen LogP contribution in [0.1, 0.15) is 27.9 Å². The van der Waals surface area contributed by atoms with Gasteiger partial charge in [-0.15, -0.1) is 12.4 Å². The number of methoxy groups -OCH3 is 1. The van der Waals surface area contributed by atoms with Crippen molar-refractivity contribution in [2.75, 3.05) is 26.7 Å². The Hall–Kier alpha value is -1.58. The second-order valence-electron chi connectivity index (χ2n) is 5.91. The summed E-state index contributed by atoms with van der Waals surface area (Å²) in [7, 11) is -2.67. The SMILES string of the molecule is COC(=O)c1cc(S(=O)(=O)N2CCNCC2c2cccc(Cl)c2)c(C)o1.Cl. The summed E-state index contributed by atoms with van der Waals surface area (Å²) in [4.78, 5) is 11.6. The third kappa shape index (κ3) is 4.30. The number of hydrogen-bond donors (Lipinski definition) is 1. The van der Waals surface area contributed by atoms with Gasteiger partial charge in [0.25, 0.3) is 0 Å². The molecule has 1 fully saturated rings. The van der Waals surface area contributed by atoms with Crippen molar-refractivity contribution < 1.29 is 22.4 Å². The molecule has 10 heteroatoms. The lowest BCUT2D eigenvalue weighted by Crippen LogP contribution is -2.48. The summed E-state index contributed by atoms with van der Waals surface area (Å²) >= 11 is 6.07. The van der Waals surface area contributed by atoms with Gasteiger partial charge < -0.3 is 14.5 Å². The van der Waals surface area contributed by atoms with Gasteiger partial charge in [-0.25, -0.2) is 13.2 Å². The molecule has 0 aliphatic carbocycles. The Balaban J connectivity index is 0.00000261. The summed E-state index contributed by atoms with van der Waals surface area (Å²) in [6.07, 6.45) is 0. The number of halogens is 2. The summed E-state index contributed by atoms with van der Waals surface area (Å²) in [5.74, 6) is -0.715. The van der Waals surface area contributed by atoms with Gasteiger partial charge in [-0.3, -0.25) is 0 Å². The molecule has 0 spiro atoms. The van der Waals surface area contributed by atoms with Gasteiger partial charge in [-0.2, -0.15) is 4.31 Å². The number of ether oxygens (including phenoxy) is 1. The average Bonchev–Trinajstić information content (AvgIpc) is 3.03. The highest BCUT2D eigenvalue weighted by atomic mass is 35.5. The minimum absolute atomic E-state index is 0. The van der Waals surface area contributed by atoms with Gasteiger partial charge in [-0.1, -0.05) is 23.7 Å². The number of sulfonamides is 1. The maximum atomic E-state index is 13.3. The molecule has 0 bridgehead atoms. The standard InChI is InChI=1S/C17H19ClN2O5S.ClH/c1-11-16(9-15(25-11)17(21)24-2)26(22,23)20-7-6-19-10-14(20)12-4-3-5-13(18)8-12;/h3-5,8-9,14,19H,6-7,10H2,1-2H3;1H. The Morgan fingerprint density at radius 2 is 2.11 bits per heavy atom. The monoisotopic (exact) mass is 434 g/mol. The molecular formula is C17H20Cl2N2O5S. The topological polar surface area (TPSA) is 88.9 Å². The first-order valence-corrected chi connectivity index (χ1v) is 9.83. The zero-order valence-electron chi connectivity index (χ0n) is 14.8. The van der Waals surface area contributed by atoms with Crippen molar-refractivity contribution in [2.45, 2.75) is 17.9 Å². The fourth-order valence-electron chi connectivity index (χ4n) is 3.02. The van der Waals surface area contributed by atoms with Crippen LogP contribution in [0.25, 0.3) is 0 Å². The maximum Gasteiger partial charge on any atom is 0.373 e. The van der Waals surface area contributed by atoms with Crippen LogP contribution >= 0.6 is 24.0 Å². The molecular weight excluding hydrogens is 415 g/mol. The van der Waals surface area contributed by atoms with Gasteiger partial charge in [0, 0.05) is 30.7 Å². The molecule has 1 unspecified atom stereocenters. The number of rotatable bonds is 4. The number of aryl methyl sites for hydroxylation is 1. The zero-order valence-corrected chi connectivity index (χ0v) is 17.2. The van der Waals surface area contributed by atoms with Crippen molar-refractivity contribution in [3.05, 3.63) is 52.4 Å². The van der Waals surface area contributed by atoms with E-state index >= 15 is 0 Å². The Morgan fingerprint density at radius 3 is 2.78 bits per heavy atom. The van der Waals surface area contributed by atoms with Gasteiger partial charge in [0.05, 0.1) is 13.2 Å². The molecule has 7 nitrogen and oxygen atoms in total. The highest BCUT2D eigenvalue weighted by molar-refractivity contribution is 7.89.